The minimum Gasteiger partial charge on any atom is -0.469 e. The molecular formula is C10H16O2. The molecule has 0 aliphatic heterocycles. The van der Waals surface area contributed by atoms with Crippen LogP contribution >= 0.6 is 0 Å². The highest BCUT2D eigenvalue weighted by Crippen LogP contribution is 2.61. The second-order valence-corrected chi connectivity index (χ2v) is 4.64. The van der Waals surface area contributed by atoms with Crippen LogP contribution in [0.15, 0.2) is 0 Å². The van der Waals surface area contributed by atoms with Gasteiger partial charge in [-0.15, -0.1) is 0 Å². The molecule has 0 saturated heterocycles. The van der Waals surface area contributed by atoms with E-state index >= 15 is 0 Å². The Labute approximate surface area is 73.3 Å². The fourth-order valence-electron chi connectivity index (χ4n) is 3.07. The molecule has 0 atom stereocenters. The van der Waals surface area contributed by atoms with Crippen LogP contribution in [0.2, 0.25) is 0 Å². The molecular weight excluding hydrogens is 152 g/mol. The summed E-state index contributed by atoms with van der Waals surface area (Å²) in [7, 11) is 1.48. The van der Waals surface area contributed by atoms with Crippen molar-refractivity contribution >= 4 is 5.97 Å². The number of rotatable bonds is 1. The van der Waals surface area contributed by atoms with Gasteiger partial charge in [-0.2, -0.15) is 0 Å². The Morgan fingerprint density at radius 2 is 1.92 bits per heavy atom. The van der Waals surface area contributed by atoms with Gasteiger partial charge in [-0.1, -0.05) is 6.92 Å². The van der Waals surface area contributed by atoms with E-state index in [1.165, 1.54) is 20.0 Å². The Balaban J connectivity index is 1.81. The van der Waals surface area contributed by atoms with Gasteiger partial charge in [0.2, 0.25) is 0 Å². The van der Waals surface area contributed by atoms with Crippen molar-refractivity contribution in [2.24, 2.45) is 17.3 Å². The molecule has 2 heteroatoms. The van der Waals surface area contributed by atoms with Gasteiger partial charge in [0, 0.05) is 0 Å². The van der Waals surface area contributed by atoms with Crippen LogP contribution in [0, 0.1) is 17.3 Å². The lowest BCUT2D eigenvalue weighted by Gasteiger charge is -2.56. The van der Waals surface area contributed by atoms with Crippen LogP contribution in [0.3, 0.4) is 0 Å². The Morgan fingerprint density at radius 3 is 2.33 bits per heavy atom. The molecule has 0 aromatic rings. The zero-order valence-corrected chi connectivity index (χ0v) is 7.80. The molecule has 2 nitrogen and oxygen atoms in total. The van der Waals surface area contributed by atoms with E-state index in [0.717, 1.165) is 18.8 Å². The number of carbonyl (C=O) groups is 1. The lowest BCUT2D eigenvalue weighted by Crippen LogP contribution is -2.49. The van der Waals surface area contributed by atoms with E-state index in [2.05, 4.69) is 6.92 Å². The van der Waals surface area contributed by atoms with Gasteiger partial charge in [0.25, 0.3) is 0 Å². The molecule has 0 heterocycles. The summed E-state index contributed by atoms with van der Waals surface area (Å²) in [6, 6.07) is 0. The van der Waals surface area contributed by atoms with Gasteiger partial charge >= 0.3 is 5.97 Å². The topological polar surface area (TPSA) is 26.3 Å². The molecule has 2 rings (SSSR count). The predicted molar refractivity (Wildman–Crippen MR) is 45.6 cm³/mol. The van der Waals surface area contributed by atoms with Gasteiger partial charge in [-0.05, 0) is 37.0 Å². The number of hydrogen-bond acceptors (Lipinski definition) is 2. The number of methoxy groups -OCH3 is 1. The van der Waals surface area contributed by atoms with Crippen LogP contribution in [0.25, 0.3) is 0 Å². The molecule has 2 fully saturated rings. The van der Waals surface area contributed by atoms with E-state index in [1.54, 1.807) is 0 Å². The van der Waals surface area contributed by atoms with Gasteiger partial charge in [0.15, 0.2) is 0 Å². The molecule has 0 radical (unpaired) electrons. The molecule has 1 spiro atoms. The van der Waals surface area contributed by atoms with E-state index in [-0.39, 0.29) is 11.9 Å². The Morgan fingerprint density at radius 1 is 1.33 bits per heavy atom. The van der Waals surface area contributed by atoms with Crippen LogP contribution in [-0.2, 0) is 9.53 Å². The molecule has 0 amide bonds. The van der Waals surface area contributed by atoms with Crippen LogP contribution < -0.4 is 0 Å². The molecule has 12 heavy (non-hydrogen) atoms. The molecule has 68 valence electrons. The standard InChI is InChI=1S/C10H16O2/c1-7-3-10(4-7)5-8(6-10)9(11)12-2/h7-8H,3-6H2,1-2H3. The van der Waals surface area contributed by atoms with E-state index in [0.29, 0.717) is 5.41 Å². The van der Waals surface area contributed by atoms with Crippen molar-refractivity contribution < 1.29 is 9.53 Å². The smallest absolute Gasteiger partial charge is 0.308 e. The lowest BCUT2D eigenvalue weighted by atomic mass is 9.48. The summed E-state index contributed by atoms with van der Waals surface area (Å²) in [5, 5.41) is 0. The summed E-state index contributed by atoms with van der Waals surface area (Å²) < 4.78 is 4.70. The average Bonchev–Trinajstić information content (AvgIpc) is 1.92. The maximum absolute atomic E-state index is 11.1. The molecule has 2 aliphatic carbocycles. The zero-order valence-electron chi connectivity index (χ0n) is 7.80. The van der Waals surface area contributed by atoms with Gasteiger partial charge in [-0.25, -0.2) is 0 Å². The Hall–Kier alpha value is -0.530. The van der Waals surface area contributed by atoms with Crippen LogP contribution in [0.1, 0.15) is 32.6 Å². The summed E-state index contributed by atoms with van der Waals surface area (Å²) >= 11 is 0. The largest absolute Gasteiger partial charge is 0.469 e. The quantitative estimate of drug-likeness (QED) is 0.560. The predicted octanol–water partition coefficient (Wildman–Crippen LogP) is 1.99. The summed E-state index contributed by atoms with van der Waals surface area (Å²) in [4.78, 5) is 11.1. The van der Waals surface area contributed by atoms with Crippen LogP contribution in [-0.4, -0.2) is 13.1 Å². The first-order valence-corrected chi connectivity index (χ1v) is 4.73. The maximum Gasteiger partial charge on any atom is 0.308 e. The van der Waals surface area contributed by atoms with Gasteiger partial charge in [0.05, 0.1) is 13.0 Å². The first-order chi connectivity index (χ1) is 5.65. The first-order valence-electron chi connectivity index (χ1n) is 4.73. The highest BCUT2D eigenvalue weighted by molar-refractivity contribution is 5.73. The fraction of sp³-hybridized carbons (Fsp3) is 0.900. The number of esters is 1. The monoisotopic (exact) mass is 168 g/mol. The first kappa shape index (κ1) is 8.09. The molecule has 0 unspecified atom stereocenters. The second-order valence-electron chi connectivity index (χ2n) is 4.64. The summed E-state index contributed by atoms with van der Waals surface area (Å²) in [5.41, 5.74) is 0.568. The summed E-state index contributed by atoms with van der Waals surface area (Å²) in [5.74, 6) is 1.12. The third-order valence-corrected chi connectivity index (χ3v) is 3.46. The molecule has 0 N–H and O–H groups in total. The SMILES string of the molecule is COC(=O)C1CC2(CC(C)C2)C1. The maximum atomic E-state index is 11.1. The van der Waals surface area contributed by atoms with Crippen LogP contribution in [0.4, 0.5) is 0 Å². The van der Waals surface area contributed by atoms with Gasteiger partial charge in [-0.3, -0.25) is 4.79 Å². The molecule has 0 bridgehead atoms. The molecule has 2 aliphatic rings. The normalized spacial score (nSPS) is 44.8. The van der Waals surface area contributed by atoms with E-state index in [4.69, 9.17) is 4.74 Å². The Bertz CT molecular complexity index is 196. The van der Waals surface area contributed by atoms with Crippen molar-refractivity contribution in [3.63, 3.8) is 0 Å². The summed E-state index contributed by atoms with van der Waals surface area (Å²) in [6.45, 7) is 2.29. The third kappa shape index (κ3) is 1.05. The second kappa shape index (κ2) is 2.48. The van der Waals surface area contributed by atoms with Crippen molar-refractivity contribution in [2.75, 3.05) is 7.11 Å². The van der Waals surface area contributed by atoms with Crippen LogP contribution in [0.5, 0.6) is 0 Å². The molecule has 0 aromatic heterocycles. The average molecular weight is 168 g/mol. The molecule has 2 saturated carbocycles. The molecule has 0 aromatic carbocycles. The minimum atomic E-state index is 0.000165. The van der Waals surface area contributed by atoms with Gasteiger partial charge in [0.1, 0.15) is 0 Å². The fourth-order valence-corrected chi connectivity index (χ4v) is 3.07. The van der Waals surface area contributed by atoms with Crippen molar-refractivity contribution in [2.45, 2.75) is 32.6 Å². The van der Waals surface area contributed by atoms with Crippen molar-refractivity contribution in [3.8, 4) is 0 Å². The lowest BCUT2D eigenvalue weighted by molar-refractivity contribution is -0.161. The van der Waals surface area contributed by atoms with Gasteiger partial charge < -0.3 is 4.74 Å². The van der Waals surface area contributed by atoms with Crippen molar-refractivity contribution in [1.29, 1.82) is 0 Å². The highest BCUT2D eigenvalue weighted by Gasteiger charge is 2.53. The zero-order chi connectivity index (χ0) is 8.77. The number of ether oxygens (including phenoxy) is 1. The van der Waals surface area contributed by atoms with Crippen molar-refractivity contribution in [1.82, 2.24) is 0 Å². The minimum absolute atomic E-state index is 0.000165. The third-order valence-electron chi connectivity index (χ3n) is 3.46. The van der Waals surface area contributed by atoms with E-state index in [1.807, 2.05) is 0 Å². The Kier molecular flexibility index (Phi) is 1.67. The van der Waals surface area contributed by atoms with E-state index < -0.39 is 0 Å². The number of carbonyl (C=O) groups excluding carboxylic acids is 1. The highest BCUT2D eigenvalue weighted by atomic mass is 16.5. The summed E-state index contributed by atoms with van der Waals surface area (Å²) in [6.07, 6.45) is 4.84. The van der Waals surface area contributed by atoms with E-state index in [9.17, 15) is 4.79 Å². The van der Waals surface area contributed by atoms with Crippen molar-refractivity contribution in [3.05, 3.63) is 0 Å². The number of hydrogen-bond donors (Lipinski definition) is 0.